The van der Waals surface area contributed by atoms with Crippen LogP contribution in [0, 0.1) is 0 Å². The first kappa shape index (κ1) is 19.8. The van der Waals surface area contributed by atoms with E-state index in [1.165, 1.54) is 0 Å². The monoisotopic (exact) mass is 463 g/mol. The Hall–Kier alpha value is -2.49. The molecular weight excluding hydrogens is 441 g/mol. The maximum Gasteiger partial charge on any atom is 0.191 e. The topological polar surface area (TPSA) is 80.0 Å². The van der Waals surface area contributed by atoms with Gasteiger partial charge in [0.15, 0.2) is 5.96 Å². The van der Waals surface area contributed by atoms with Gasteiger partial charge in [0.2, 0.25) is 0 Å². The third-order valence-corrected chi connectivity index (χ3v) is 3.66. The van der Waals surface area contributed by atoms with Gasteiger partial charge in [0.25, 0.3) is 0 Å². The summed E-state index contributed by atoms with van der Waals surface area (Å²) in [4.78, 5) is 17.0. The van der Waals surface area contributed by atoms with Gasteiger partial charge in [-0.05, 0) is 29.8 Å². The van der Waals surface area contributed by atoms with Crippen molar-refractivity contribution >= 4 is 29.9 Å². The van der Waals surface area contributed by atoms with Gasteiger partial charge in [0.05, 0.1) is 0 Å². The molecule has 0 spiro atoms. The van der Waals surface area contributed by atoms with Gasteiger partial charge in [0, 0.05) is 57.0 Å². The van der Waals surface area contributed by atoms with Crippen LogP contribution in [0.2, 0.25) is 0 Å². The highest BCUT2D eigenvalue weighted by Gasteiger charge is 2.02. The van der Waals surface area contributed by atoms with Crippen LogP contribution in [0.1, 0.15) is 11.3 Å². The van der Waals surface area contributed by atoms with E-state index < -0.39 is 0 Å². The molecule has 0 amide bonds. The second-order valence-corrected chi connectivity index (χ2v) is 5.42. The second-order valence-electron chi connectivity index (χ2n) is 5.42. The Bertz CT molecular complexity index is 803. The van der Waals surface area contributed by atoms with Crippen LogP contribution in [-0.2, 0) is 13.0 Å². The largest absolute Gasteiger partial charge is 0.356 e. The molecule has 3 heterocycles. The van der Waals surface area contributed by atoms with Crippen molar-refractivity contribution in [2.75, 3.05) is 13.6 Å². The van der Waals surface area contributed by atoms with E-state index in [9.17, 15) is 0 Å². The lowest BCUT2D eigenvalue weighted by atomic mass is 10.2. The van der Waals surface area contributed by atoms with E-state index in [0.717, 1.165) is 36.0 Å². The lowest BCUT2D eigenvalue weighted by Gasteiger charge is -2.12. The van der Waals surface area contributed by atoms with E-state index in [0.29, 0.717) is 6.54 Å². The Labute approximate surface area is 170 Å². The van der Waals surface area contributed by atoms with Crippen LogP contribution in [0.5, 0.6) is 0 Å². The number of imidazole rings is 1. The highest BCUT2D eigenvalue weighted by atomic mass is 127. The quantitative estimate of drug-likeness (QED) is 0.333. The molecule has 3 aromatic rings. The molecule has 7 nitrogen and oxygen atoms in total. The fraction of sp³-hybridized carbons (Fsp3) is 0.222. The molecule has 0 fully saturated rings. The van der Waals surface area contributed by atoms with Gasteiger partial charge in [-0.15, -0.1) is 24.0 Å². The van der Waals surface area contributed by atoms with Gasteiger partial charge >= 0.3 is 0 Å². The van der Waals surface area contributed by atoms with E-state index in [2.05, 4.69) is 30.6 Å². The number of rotatable bonds is 6. The normalized spacial score (nSPS) is 10.9. The summed E-state index contributed by atoms with van der Waals surface area (Å²) < 4.78 is 1.88. The fourth-order valence-electron chi connectivity index (χ4n) is 2.37. The number of nitrogens with zero attached hydrogens (tertiary/aromatic N) is 5. The van der Waals surface area contributed by atoms with E-state index in [1.54, 1.807) is 25.8 Å². The minimum absolute atomic E-state index is 0. The van der Waals surface area contributed by atoms with Crippen molar-refractivity contribution in [3.63, 3.8) is 0 Å². The maximum atomic E-state index is 4.35. The molecule has 0 radical (unpaired) electrons. The van der Waals surface area contributed by atoms with Crippen molar-refractivity contribution in [3.8, 4) is 5.82 Å². The first-order chi connectivity index (χ1) is 12.3. The van der Waals surface area contributed by atoms with E-state index >= 15 is 0 Å². The van der Waals surface area contributed by atoms with Gasteiger partial charge in [0.1, 0.15) is 12.1 Å². The zero-order valence-electron chi connectivity index (χ0n) is 14.5. The number of halogens is 1. The van der Waals surface area contributed by atoms with Gasteiger partial charge in [-0.3, -0.25) is 14.5 Å². The summed E-state index contributed by atoms with van der Waals surface area (Å²) >= 11 is 0. The third-order valence-electron chi connectivity index (χ3n) is 3.66. The predicted molar refractivity (Wildman–Crippen MR) is 113 cm³/mol. The predicted octanol–water partition coefficient (Wildman–Crippen LogP) is 2.19. The number of guanidine groups is 1. The molecule has 8 heteroatoms. The number of nitrogens with one attached hydrogen (secondary N) is 2. The SMILES string of the molecule is CN=C(NCCc1ccccn1)NCc1ccnc(-n2ccnc2)c1.I. The molecule has 0 aromatic carbocycles. The van der Waals surface area contributed by atoms with Crippen LogP contribution in [0.25, 0.3) is 5.82 Å². The van der Waals surface area contributed by atoms with Gasteiger partial charge in [-0.2, -0.15) is 0 Å². The van der Waals surface area contributed by atoms with Gasteiger partial charge in [-0.1, -0.05) is 6.07 Å². The average molecular weight is 463 g/mol. The standard InChI is InChI=1S/C18H21N7.HI/c1-19-18(23-9-6-16-4-2-3-7-21-16)24-13-15-5-8-22-17(12-15)25-11-10-20-14-25;/h2-5,7-8,10-12,14H,6,9,13H2,1H3,(H2,19,23,24);1H. The Morgan fingerprint density at radius 1 is 1.12 bits per heavy atom. The third kappa shape index (κ3) is 5.80. The fourth-order valence-corrected chi connectivity index (χ4v) is 2.37. The van der Waals surface area contributed by atoms with E-state index in [-0.39, 0.29) is 24.0 Å². The molecule has 136 valence electrons. The molecule has 0 aliphatic rings. The minimum Gasteiger partial charge on any atom is -0.356 e. The smallest absolute Gasteiger partial charge is 0.191 e. The summed E-state index contributed by atoms with van der Waals surface area (Å²) in [5, 5.41) is 6.61. The summed E-state index contributed by atoms with van der Waals surface area (Å²) in [5.41, 5.74) is 2.18. The average Bonchev–Trinajstić information content (AvgIpc) is 3.20. The number of aromatic nitrogens is 4. The Kier molecular flexibility index (Phi) is 8.00. The first-order valence-electron chi connectivity index (χ1n) is 8.13. The molecule has 0 atom stereocenters. The Morgan fingerprint density at radius 3 is 2.77 bits per heavy atom. The van der Waals surface area contributed by atoms with Crippen molar-refractivity contribution < 1.29 is 0 Å². The molecule has 0 aliphatic heterocycles. The lowest BCUT2D eigenvalue weighted by molar-refractivity contribution is 0.783. The van der Waals surface area contributed by atoms with Crippen LogP contribution in [0.4, 0.5) is 0 Å². The summed E-state index contributed by atoms with van der Waals surface area (Å²) in [5.74, 6) is 1.60. The maximum absolute atomic E-state index is 4.35. The molecule has 3 aromatic heterocycles. The Morgan fingerprint density at radius 2 is 2.04 bits per heavy atom. The van der Waals surface area contributed by atoms with Crippen LogP contribution < -0.4 is 10.6 Å². The number of pyridine rings is 2. The van der Waals surface area contributed by atoms with Gasteiger partial charge in [-0.25, -0.2) is 9.97 Å². The number of hydrogen-bond donors (Lipinski definition) is 2. The molecule has 0 bridgehead atoms. The van der Waals surface area contributed by atoms with Crippen LogP contribution in [0.3, 0.4) is 0 Å². The van der Waals surface area contributed by atoms with Crippen LogP contribution in [-0.4, -0.2) is 39.1 Å². The molecule has 0 saturated carbocycles. The van der Waals surface area contributed by atoms with E-state index in [1.807, 2.05) is 47.3 Å². The van der Waals surface area contributed by atoms with Crippen molar-refractivity contribution in [2.45, 2.75) is 13.0 Å². The zero-order valence-corrected chi connectivity index (χ0v) is 16.9. The summed E-state index contributed by atoms with van der Waals surface area (Å²) in [6.07, 6.45) is 9.80. The highest BCUT2D eigenvalue weighted by molar-refractivity contribution is 14.0. The zero-order chi connectivity index (χ0) is 17.3. The second kappa shape index (κ2) is 10.5. The molecule has 0 saturated heterocycles. The lowest BCUT2D eigenvalue weighted by Crippen LogP contribution is -2.37. The molecule has 0 unspecified atom stereocenters. The molecular formula is C18H22IN7. The number of aliphatic imine (C=N–C) groups is 1. The van der Waals surface area contributed by atoms with Crippen LogP contribution >= 0.6 is 24.0 Å². The van der Waals surface area contributed by atoms with Gasteiger partial charge < -0.3 is 10.6 Å². The van der Waals surface area contributed by atoms with Crippen molar-refractivity contribution in [3.05, 3.63) is 72.7 Å². The van der Waals surface area contributed by atoms with Crippen molar-refractivity contribution in [2.24, 2.45) is 4.99 Å². The van der Waals surface area contributed by atoms with E-state index in [4.69, 9.17) is 0 Å². The molecule has 3 rings (SSSR count). The van der Waals surface area contributed by atoms with Crippen molar-refractivity contribution in [1.29, 1.82) is 0 Å². The Balaban J connectivity index is 0.00000243. The van der Waals surface area contributed by atoms with Crippen molar-refractivity contribution in [1.82, 2.24) is 30.2 Å². The highest BCUT2D eigenvalue weighted by Crippen LogP contribution is 2.06. The summed E-state index contributed by atoms with van der Waals surface area (Å²) in [7, 11) is 1.76. The first-order valence-corrected chi connectivity index (χ1v) is 8.13. The summed E-state index contributed by atoms with van der Waals surface area (Å²) in [6.45, 7) is 1.43. The van der Waals surface area contributed by atoms with Crippen LogP contribution in [0.15, 0.2) is 66.4 Å². The molecule has 2 N–H and O–H groups in total. The minimum atomic E-state index is 0. The molecule has 26 heavy (non-hydrogen) atoms. The summed E-state index contributed by atoms with van der Waals surface area (Å²) in [6, 6.07) is 9.94. The number of hydrogen-bond acceptors (Lipinski definition) is 4. The molecule has 0 aliphatic carbocycles.